The minimum atomic E-state index is -1.06. The number of aryl methyl sites for hydroxylation is 1. The monoisotopic (exact) mass is 391 g/mol. The molecule has 0 N–H and O–H groups in total. The zero-order chi connectivity index (χ0) is 20.4. The van der Waals surface area contributed by atoms with Crippen molar-refractivity contribution in [2.45, 2.75) is 18.9 Å². The van der Waals surface area contributed by atoms with Crippen molar-refractivity contribution in [3.05, 3.63) is 76.2 Å². The van der Waals surface area contributed by atoms with Gasteiger partial charge in [-0.2, -0.15) is 5.10 Å². The second-order valence-electron chi connectivity index (χ2n) is 7.05. The smallest absolute Gasteiger partial charge is 0.360 e. The normalized spacial score (nSPS) is 14.7. The Balaban J connectivity index is 1.72. The number of ether oxygens (including phenoxy) is 1. The third-order valence-electron chi connectivity index (χ3n) is 5.12. The van der Waals surface area contributed by atoms with Gasteiger partial charge >= 0.3 is 5.97 Å². The van der Waals surface area contributed by atoms with Crippen molar-refractivity contribution in [3.63, 3.8) is 0 Å². The van der Waals surface area contributed by atoms with E-state index >= 15 is 0 Å². The lowest BCUT2D eigenvalue weighted by Gasteiger charge is -2.23. The molecule has 2 aromatic carbocycles. The van der Waals surface area contributed by atoms with Gasteiger partial charge in [0.15, 0.2) is 5.69 Å². The Morgan fingerprint density at radius 2 is 1.59 bits per heavy atom. The van der Waals surface area contributed by atoms with Gasteiger partial charge in [0.1, 0.15) is 0 Å². The third-order valence-corrected chi connectivity index (χ3v) is 5.12. The predicted octanol–water partition coefficient (Wildman–Crippen LogP) is 2.45. The predicted molar refractivity (Wildman–Crippen MR) is 107 cm³/mol. The lowest BCUT2D eigenvalue weighted by atomic mass is 10.1. The Morgan fingerprint density at radius 1 is 0.966 bits per heavy atom. The fourth-order valence-electron chi connectivity index (χ4n) is 3.61. The van der Waals surface area contributed by atoms with Crippen LogP contribution in [0.15, 0.2) is 59.4 Å². The summed E-state index contributed by atoms with van der Waals surface area (Å²) >= 11 is 0. The highest BCUT2D eigenvalue weighted by atomic mass is 16.5. The number of hydrogen-bond donors (Lipinski definition) is 0. The molecule has 0 spiro atoms. The highest BCUT2D eigenvalue weighted by Gasteiger charge is 2.32. The molecule has 3 aromatic rings. The van der Waals surface area contributed by atoms with E-state index in [1.54, 1.807) is 53.4 Å². The second kappa shape index (κ2) is 7.87. The molecule has 1 unspecified atom stereocenters. The molecule has 1 aliphatic rings. The number of fused-ring (bicyclic) bond motifs is 1. The summed E-state index contributed by atoms with van der Waals surface area (Å²) in [4.78, 5) is 40.2. The van der Waals surface area contributed by atoms with Crippen LogP contribution in [0.25, 0.3) is 10.8 Å². The fraction of sp³-hybridized carbons (Fsp3) is 0.273. The number of amides is 1. The van der Waals surface area contributed by atoms with Gasteiger partial charge in [0, 0.05) is 31.1 Å². The molecular formula is C22H21N3O4. The van der Waals surface area contributed by atoms with E-state index in [2.05, 4.69) is 5.10 Å². The summed E-state index contributed by atoms with van der Waals surface area (Å²) < 4.78 is 6.80. The van der Waals surface area contributed by atoms with Crippen LogP contribution in [0.4, 0.5) is 0 Å². The van der Waals surface area contributed by atoms with E-state index in [9.17, 15) is 14.4 Å². The lowest BCUT2D eigenvalue weighted by Crippen LogP contribution is -2.35. The van der Waals surface area contributed by atoms with Gasteiger partial charge in [-0.1, -0.05) is 48.5 Å². The quantitative estimate of drug-likeness (QED) is 0.638. The van der Waals surface area contributed by atoms with E-state index in [1.807, 2.05) is 6.07 Å². The van der Waals surface area contributed by atoms with Gasteiger partial charge in [-0.05, 0) is 18.9 Å². The molecule has 2 heterocycles. The molecule has 1 aromatic heterocycles. The van der Waals surface area contributed by atoms with Gasteiger partial charge in [0.05, 0.1) is 5.39 Å². The van der Waals surface area contributed by atoms with Crippen molar-refractivity contribution in [2.75, 3.05) is 13.1 Å². The van der Waals surface area contributed by atoms with Gasteiger partial charge in [-0.25, -0.2) is 9.48 Å². The summed E-state index contributed by atoms with van der Waals surface area (Å²) in [5.74, 6) is -0.977. The van der Waals surface area contributed by atoms with Gasteiger partial charge in [-0.15, -0.1) is 0 Å². The number of nitrogens with zero attached hydrogens (tertiary/aromatic N) is 3. The fourth-order valence-corrected chi connectivity index (χ4v) is 3.61. The molecule has 7 heteroatoms. The van der Waals surface area contributed by atoms with E-state index in [0.717, 1.165) is 17.5 Å². The van der Waals surface area contributed by atoms with E-state index in [1.165, 1.54) is 7.05 Å². The van der Waals surface area contributed by atoms with Crippen LogP contribution < -0.4 is 5.56 Å². The summed E-state index contributed by atoms with van der Waals surface area (Å²) in [5, 5.41) is 4.89. The van der Waals surface area contributed by atoms with Crippen LogP contribution in [0.1, 0.15) is 35.0 Å². The van der Waals surface area contributed by atoms with Gasteiger partial charge in [0.25, 0.3) is 11.5 Å². The molecule has 1 fully saturated rings. The first kappa shape index (κ1) is 18.9. The molecule has 1 atom stereocenters. The van der Waals surface area contributed by atoms with Crippen molar-refractivity contribution in [1.82, 2.24) is 14.7 Å². The highest BCUT2D eigenvalue weighted by molar-refractivity contribution is 6.03. The number of carbonyl (C=O) groups is 2. The zero-order valence-corrected chi connectivity index (χ0v) is 16.1. The molecule has 0 radical (unpaired) electrons. The second-order valence-corrected chi connectivity index (χ2v) is 7.05. The van der Waals surface area contributed by atoms with E-state index in [0.29, 0.717) is 29.4 Å². The summed E-state index contributed by atoms with van der Waals surface area (Å²) in [6.45, 7) is 1.31. The maximum atomic E-state index is 13.1. The summed E-state index contributed by atoms with van der Waals surface area (Å²) in [6.07, 6.45) is 0.821. The molecule has 148 valence electrons. The van der Waals surface area contributed by atoms with Gasteiger partial charge < -0.3 is 9.64 Å². The summed E-state index contributed by atoms with van der Waals surface area (Å²) in [7, 11) is 1.48. The van der Waals surface area contributed by atoms with Crippen LogP contribution in [-0.2, 0) is 16.6 Å². The Kier molecular flexibility index (Phi) is 5.12. The molecule has 1 saturated heterocycles. The molecule has 4 rings (SSSR count). The van der Waals surface area contributed by atoms with Crippen LogP contribution in [0.5, 0.6) is 0 Å². The molecule has 29 heavy (non-hydrogen) atoms. The van der Waals surface area contributed by atoms with Gasteiger partial charge in [-0.3, -0.25) is 9.59 Å². The number of likely N-dealkylation sites (tertiary alicyclic amines) is 1. The number of hydrogen-bond acceptors (Lipinski definition) is 5. The van der Waals surface area contributed by atoms with E-state index < -0.39 is 12.1 Å². The first-order valence-electron chi connectivity index (χ1n) is 9.57. The Hall–Kier alpha value is -3.48. The number of rotatable bonds is 4. The lowest BCUT2D eigenvalue weighted by molar-refractivity contribution is -0.140. The molecule has 1 aliphatic heterocycles. The van der Waals surface area contributed by atoms with Crippen LogP contribution in [0.3, 0.4) is 0 Å². The minimum Gasteiger partial charge on any atom is -0.442 e. The van der Waals surface area contributed by atoms with Crippen LogP contribution in [-0.4, -0.2) is 39.6 Å². The van der Waals surface area contributed by atoms with Crippen LogP contribution in [0, 0.1) is 0 Å². The first-order valence-corrected chi connectivity index (χ1v) is 9.57. The van der Waals surface area contributed by atoms with Crippen molar-refractivity contribution < 1.29 is 14.3 Å². The summed E-state index contributed by atoms with van der Waals surface area (Å²) in [6, 6.07) is 15.7. The van der Waals surface area contributed by atoms with Crippen molar-refractivity contribution in [1.29, 1.82) is 0 Å². The van der Waals surface area contributed by atoms with Crippen molar-refractivity contribution in [2.24, 2.45) is 7.05 Å². The average Bonchev–Trinajstić information content (AvgIpc) is 3.29. The maximum Gasteiger partial charge on any atom is 0.360 e. The molecule has 1 amide bonds. The number of aromatic nitrogens is 2. The highest BCUT2D eigenvalue weighted by Crippen LogP contribution is 2.25. The molecular weight excluding hydrogens is 370 g/mol. The Morgan fingerprint density at radius 3 is 2.28 bits per heavy atom. The van der Waals surface area contributed by atoms with Gasteiger partial charge in [0.2, 0.25) is 6.10 Å². The van der Waals surface area contributed by atoms with Crippen LogP contribution >= 0.6 is 0 Å². The maximum absolute atomic E-state index is 13.1. The molecule has 0 saturated carbocycles. The largest absolute Gasteiger partial charge is 0.442 e. The van der Waals surface area contributed by atoms with Crippen molar-refractivity contribution in [3.8, 4) is 0 Å². The van der Waals surface area contributed by atoms with E-state index in [4.69, 9.17) is 4.74 Å². The molecule has 7 nitrogen and oxygen atoms in total. The number of carbonyl (C=O) groups excluding carboxylic acids is 2. The van der Waals surface area contributed by atoms with Crippen molar-refractivity contribution >= 4 is 22.6 Å². The Labute approximate surface area is 167 Å². The topological polar surface area (TPSA) is 81.5 Å². The molecule has 0 bridgehead atoms. The third kappa shape index (κ3) is 3.63. The SMILES string of the molecule is Cn1nc(C(=O)OC(C(=O)N2CCCC2)c2ccccc2)c2ccccc2c1=O. The van der Waals surface area contributed by atoms with E-state index in [-0.39, 0.29) is 17.2 Å². The first-order chi connectivity index (χ1) is 14.1. The standard InChI is InChI=1S/C22H21N3O4/c1-24-20(26)17-12-6-5-11-16(17)18(23-24)22(28)29-19(15-9-3-2-4-10-15)21(27)25-13-7-8-14-25/h2-6,9-12,19H,7-8,13-14H2,1H3. The number of esters is 1. The van der Waals surface area contributed by atoms with Crippen LogP contribution in [0.2, 0.25) is 0 Å². The molecule has 0 aliphatic carbocycles. The zero-order valence-electron chi connectivity index (χ0n) is 16.1. The minimum absolute atomic E-state index is 0.0119. The average molecular weight is 391 g/mol. The Bertz CT molecular complexity index is 1120. The summed E-state index contributed by atoms with van der Waals surface area (Å²) in [5.41, 5.74) is 0.314. The number of benzene rings is 2.